The first-order chi connectivity index (χ1) is 18.7. The molecule has 2 aromatic carbocycles. The highest BCUT2D eigenvalue weighted by Gasteiger charge is 2.41. The molecule has 39 heavy (non-hydrogen) atoms. The molecule has 4 N–H and O–H groups in total. The van der Waals surface area contributed by atoms with Gasteiger partial charge in [0.05, 0.1) is 29.9 Å². The minimum atomic E-state index is -1.16. The van der Waals surface area contributed by atoms with E-state index in [1.165, 1.54) is 7.11 Å². The predicted molar refractivity (Wildman–Crippen MR) is 155 cm³/mol. The molecule has 2 amide bonds. The van der Waals surface area contributed by atoms with Crippen molar-refractivity contribution in [3.63, 3.8) is 0 Å². The van der Waals surface area contributed by atoms with E-state index < -0.39 is 24.2 Å². The van der Waals surface area contributed by atoms with E-state index in [4.69, 9.17) is 9.47 Å². The van der Waals surface area contributed by atoms with Gasteiger partial charge in [0.15, 0.2) is 11.5 Å². The molecule has 0 heterocycles. The minimum absolute atomic E-state index is 0.0727. The van der Waals surface area contributed by atoms with Gasteiger partial charge in [-0.1, -0.05) is 44.2 Å². The first kappa shape index (κ1) is 30.9. The first-order valence-electron chi connectivity index (χ1n) is 12.9. The van der Waals surface area contributed by atoms with Crippen LogP contribution in [-0.4, -0.2) is 70.5 Å². The summed E-state index contributed by atoms with van der Waals surface area (Å²) in [6.45, 7) is 3.86. The third kappa shape index (κ3) is 8.17. The van der Waals surface area contributed by atoms with Crippen molar-refractivity contribution < 1.29 is 34.4 Å². The fourth-order valence-electron chi connectivity index (χ4n) is 4.53. The van der Waals surface area contributed by atoms with Crippen molar-refractivity contribution in [2.75, 3.05) is 20.3 Å². The highest BCUT2D eigenvalue weighted by Crippen LogP contribution is 2.37. The van der Waals surface area contributed by atoms with E-state index in [-0.39, 0.29) is 51.0 Å². The molecule has 0 spiro atoms. The lowest BCUT2D eigenvalue weighted by Crippen LogP contribution is -2.55. The Morgan fingerprint density at radius 1 is 1.15 bits per heavy atom. The van der Waals surface area contributed by atoms with E-state index in [2.05, 4.69) is 27.9 Å². The average molecular weight is 653 g/mol. The van der Waals surface area contributed by atoms with Gasteiger partial charge in [0, 0.05) is 31.5 Å². The van der Waals surface area contributed by atoms with Gasteiger partial charge in [0.25, 0.3) is 0 Å². The fourth-order valence-corrected chi connectivity index (χ4v) is 5.32. The SMILES string of the molecule is COc1cc(CO)cc(I)c1OC1C=C(C(=O)NCCO)CC(N(Cc2ccccc2)C(=O)CC(C)C)C1O. The van der Waals surface area contributed by atoms with E-state index in [0.29, 0.717) is 26.2 Å². The van der Waals surface area contributed by atoms with Crippen LogP contribution in [-0.2, 0) is 22.7 Å². The number of carbonyl (C=O) groups is 2. The monoisotopic (exact) mass is 652 g/mol. The molecule has 212 valence electrons. The molecule has 0 saturated heterocycles. The van der Waals surface area contributed by atoms with Gasteiger partial charge in [-0.2, -0.15) is 0 Å². The quantitative estimate of drug-likeness (QED) is 0.260. The molecular weight excluding hydrogens is 615 g/mol. The van der Waals surface area contributed by atoms with Crippen molar-refractivity contribution in [3.05, 3.63) is 68.8 Å². The predicted octanol–water partition coefficient (Wildman–Crippen LogP) is 2.78. The number of methoxy groups -OCH3 is 1. The first-order valence-corrected chi connectivity index (χ1v) is 14.0. The maximum atomic E-state index is 13.5. The van der Waals surface area contributed by atoms with Crippen molar-refractivity contribution in [2.45, 2.75) is 58.1 Å². The van der Waals surface area contributed by atoms with Crippen LogP contribution < -0.4 is 14.8 Å². The van der Waals surface area contributed by atoms with Gasteiger partial charge >= 0.3 is 0 Å². The Labute approximate surface area is 243 Å². The number of amides is 2. The van der Waals surface area contributed by atoms with Crippen LogP contribution in [0.4, 0.5) is 0 Å². The summed E-state index contributed by atoms with van der Waals surface area (Å²) in [5.41, 5.74) is 1.88. The molecule has 0 radical (unpaired) electrons. The Morgan fingerprint density at radius 3 is 2.49 bits per heavy atom. The van der Waals surface area contributed by atoms with Crippen molar-refractivity contribution >= 4 is 34.4 Å². The summed E-state index contributed by atoms with van der Waals surface area (Å²) >= 11 is 2.07. The molecule has 1 aliphatic carbocycles. The molecule has 0 aliphatic heterocycles. The summed E-state index contributed by atoms with van der Waals surface area (Å²) in [5, 5.41) is 33.1. The third-order valence-electron chi connectivity index (χ3n) is 6.44. The van der Waals surface area contributed by atoms with Gasteiger partial charge < -0.3 is 35.0 Å². The number of carbonyl (C=O) groups excluding carboxylic acids is 2. The minimum Gasteiger partial charge on any atom is -0.493 e. The van der Waals surface area contributed by atoms with Gasteiger partial charge in [-0.05, 0) is 57.8 Å². The second-order valence-electron chi connectivity index (χ2n) is 9.89. The van der Waals surface area contributed by atoms with Gasteiger partial charge in [-0.15, -0.1) is 0 Å². The highest BCUT2D eigenvalue weighted by atomic mass is 127. The van der Waals surface area contributed by atoms with Gasteiger partial charge in [-0.3, -0.25) is 9.59 Å². The number of rotatable bonds is 12. The molecular formula is C29H37IN2O7. The topological polar surface area (TPSA) is 129 Å². The molecule has 3 atom stereocenters. The number of nitrogens with zero attached hydrogens (tertiary/aromatic N) is 1. The number of hydrogen-bond acceptors (Lipinski definition) is 7. The Kier molecular flexibility index (Phi) is 11.6. The number of nitrogens with one attached hydrogen (secondary N) is 1. The van der Waals surface area contributed by atoms with Crippen molar-refractivity contribution in [2.24, 2.45) is 5.92 Å². The van der Waals surface area contributed by atoms with Gasteiger partial charge in [-0.25, -0.2) is 0 Å². The van der Waals surface area contributed by atoms with E-state index in [1.807, 2.05) is 44.2 Å². The molecule has 0 saturated carbocycles. The Balaban J connectivity index is 2.03. The highest BCUT2D eigenvalue weighted by molar-refractivity contribution is 14.1. The summed E-state index contributed by atoms with van der Waals surface area (Å²) in [6, 6.07) is 12.2. The normalized spacial score (nSPS) is 18.9. The zero-order valence-electron chi connectivity index (χ0n) is 22.5. The van der Waals surface area contributed by atoms with Crippen LogP contribution in [0.25, 0.3) is 0 Å². The number of halogens is 1. The second kappa shape index (κ2) is 14.6. The van der Waals surface area contributed by atoms with E-state index in [1.54, 1.807) is 23.1 Å². The molecule has 9 nitrogen and oxygen atoms in total. The third-order valence-corrected chi connectivity index (χ3v) is 7.24. The molecule has 2 aromatic rings. The number of hydrogen-bond donors (Lipinski definition) is 4. The standard InChI is InChI=1S/C29H37IN2O7/c1-18(2)11-26(35)32(16-19-7-5-4-6-8-19)23-14-21(29(37)31-9-10-33)15-24(27(23)36)39-28-22(30)12-20(17-34)13-25(28)38-3/h4-8,12-13,15,18,23-24,27,33-34,36H,9-11,14,16-17H2,1-3H3,(H,31,37). The van der Waals surface area contributed by atoms with Crippen molar-refractivity contribution in [3.8, 4) is 11.5 Å². The number of ether oxygens (including phenoxy) is 2. The smallest absolute Gasteiger partial charge is 0.247 e. The molecule has 3 rings (SSSR count). The van der Waals surface area contributed by atoms with Crippen molar-refractivity contribution in [1.29, 1.82) is 0 Å². The largest absolute Gasteiger partial charge is 0.493 e. The van der Waals surface area contributed by atoms with E-state index >= 15 is 0 Å². The lowest BCUT2D eigenvalue weighted by Gasteiger charge is -2.41. The molecule has 0 aromatic heterocycles. The molecule has 0 bridgehead atoms. The van der Waals surface area contributed by atoms with Crippen LogP contribution in [0.2, 0.25) is 0 Å². The Hall–Kier alpha value is -2.67. The van der Waals surface area contributed by atoms with E-state index in [9.17, 15) is 24.9 Å². The number of aliphatic hydroxyl groups is 3. The van der Waals surface area contributed by atoms with Crippen LogP contribution >= 0.6 is 22.6 Å². The lowest BCUT2D eigenvalue weighted by molar-refractivity contribution is -0.140. The summed E-state index contributed by atoms with van der Waals surface area (Å²) in [4.78, 5) is 28.2. The van der Waals surface area contributed by atoms with Crippen LogP contribution in [0.5, 0.6) is 11.5 Å². The molecule has 0 fully saturated rings. The molecule has 10 heteroatoms. The molecule has 3 unspecified atom stereocenters. The summed E-state index contributed by atoms with van der Waals surface area (Å²) in [6.07, 6.45) is -0.168. The zero-order valence-corrected chi connectivity index (χ0v) is 24.6. The maximum Gasteiger partial charge on any atom is 0.247 e. The Morgan fingerprint density at radius 2 is 1.87 bits per heavy atom. The van der Waals surface area contributed by atoms with Crippen LogP contribution in [0.3, 0.4) is 0 Å². The van der Waals surface area contributed by atoms with E-state index in [0.717, 1.165) is 5.56 Å². The van der Waals surface area contributed by atoms with Crippen LogP contribution in [0.1, 0.15) is 37.8 Å². The molecule has 1 aliphatic rings. The second-order valence-corrected chi connectivity index (χ2v) is 11.1. The van der Waals surface area contributed by atoms with Crippen LogP contribution in [0.15, 0.2) is 54.1 Å². The number of aliphatic hydroxyl groups excluding tert-OH is 3. The maximum absolute atomic E-state index is 13.5. The van der Waals surface area contributed by atoms with Crippen molar-refractivity contribution in [1.82, 2.24) is 10.2 Å². The number of benzene rings is 2. The van der Waals surface area contributed by atoms with Crippen LogP contribution in [0, 0.1) is 9.49 Å². The zero-order chi connectivity index (χ0) is 28.5. The van der Waals surface area contributed by atoms with Gasteiger partial charge in [0.2, 0.25) is 11.8 Å². The summed E-state index contributed by atoms with van der Waals surface area (Å²) in [7, 11) is 1.48. The summed E-state index contributed by atoms with van der Waals surface area (Å²) < 4.78 is 12.4. The van der Waals surface area contributed by atoms with Gasteiger partial charge in [0.1, 0.15) is 12.2 Å². The average Bonchev–Trinajstić information content (AvgIpc) is 2.92. The fraction of sp³-hybridized carbons (Fsp3) is 0.448. The summed E-state index contributed by atoms with van der Waals surface area (Å²) in [5.74, 6) is 0.296. The lowest BCUT2D eigenvalue weighted by atomic mass is 9.87. The Bertz CT molecular complexity index is 1160.